The molecule has 2 rings (SSSR count). The molecule has 1 aromatic rings. The van der Waals surface area contributed by atoms with Crippen LogP contribution in [0.5, 0.6) is 5.75 Å². The summed E-state index contributed by atoms with van der Waals surface area (Å²) in [7, 11) is 1.45. The highest BCUT2D eigenvalue weighted by molar-refractivity contribution is 5.66. The van der Waals surface area contributed by atoms with Crippen LogP contribution in [0.15, 0.2) is 18.2 Å². The standard InChI is InChI=1S/C13H16FNO5/c1-19-7-20-12-3-2-8(14)4-10(12)11-5-9(16)6-15(11)13(17)18/h2-4,9,11,16H,5-7H2,1H3,(H,17,18)/t9-,11?/m1/s1. The third-order valence-electron chi connectivity index (χ3n) is 3.19. The van der Waals surface area contributed by atoms with Crippen molar-refractivity contribution in [1.29, 1.82) is 0 Å². The van der Waals surface area contributed by atoms with Crippen molar-refractivity contribution in [3.05, 3.63) is 29.6 Å². The van der Waals surface area contributed by atoms with E-state index in [-0.39, 0.29) is 19.8 Å². The molecule has 0 bridgehead atoms. The summed E-state index contributed by atoms with van der Waals surface area (Å²) in [4.78, 5) is 12.3. The van der Waals surface area contributed by atoms with Crippen LogP contribution < -0.4 is 4.74 Å². The number of hydrogen-bond acceptors (Lipinski definition) is 4. The molecule has 0 aliphatic carbocycles. The number of rotatable bonds is 4. The van der Waals surface area contributed by atoms with E-state index in [4.69, 9.17) is 14.6 Å². The van der Waals surface area contributed by atoms with Crippen LogP contribution in [-0.4, -0.2) is 47.8 Å². The minimum absolute atomic E-state index is 0.000229. The molecule has 1 amide bonds. The van der Waals surface area contributed by atoms with Crippen molar-refractivity contribution >= 4 is 6.09 Å². The van der Waals surface area contributed by atoms with E-state index in [9.17, 15) is 14.3 Å². The fraction of sp³-hybridized carbons (Fsp3) is 0.462. The minimum atomic E-state index is -1.16. The Morgan fingerprint density at radius 1 is 1.55 bits per heavy atom. The van der Waals surface area contributed by atoms with Gasteiger partial charge in [0.05, 0.1) is 18.7 Å². The van der Waals surface area contributed by atoms with Crippen LogP contribution in [0.2, 0.25) is 0 Å². The number of aliphatic hydroxyl groups is 1. The fourth-order valence-corrected chi connectivity index (χ4v) is 2.35. The molecule has 0 radical (unpaired) electrons. The number of carboxylic acid groups (broad SMARTS) is 1. The molecule has 1 unspecified atom stereocenters. The molecule has 2 N–H and O–H groups in total. The summed E-state index contributed by atoms with van der Waals surface area (Å²) in [6.45, 7) is -0.0266. The Balaban J connectivity index is 2.34. The van der Waals surface area contributed by atoms with E-state index < -0.39 is 24.1 Å². The highest BCUT2D eigenvalue weighted by atomic mass is 19.1. The van der Waals surface area contributed by atoms with Crippen LogP contribution in [0.1, 0.15) is 18.0 Å². The number of aliphatic hydroxyl groups excluding tert-OH is 1. The Morgan fingerprint density at radius 2 is 2.30 bits per heavy atom. The van der Waals surface area contributed by atoms with Crippen LogP contribution in [-0.2, 0) is 4.74 Å². The first-order valence-corrected chi connectivity index (χ1v) is 6.11. The molecular formula is C13H16FNO5. The Morgan fingerprint density at radius 3 is 2.95 bits per heavy atom. The van der Waals surface area contributed by atoms with Gasteiger partial charge in [-0.1, -0.05) is 0 Å². The lowest BCUT2D eigenvalue weighted by atomic mass is 10.0. The maximum atomic E-state index is 13.4. The van der Waals surface area contributed by atoms with Crippen molar-refractivity contribution < 1.29 is 28.9 Å². The van der Waals surface area contributed by atoms with Gasteiger partial charge < -0.3 is 19.7 Å². The lowest BCUT2D eigenvalue weighted by Gasteiger charge is -2.23. The molecule has 0 saturated carbocycles. The Labute approximate surface area is 115 Å². The smallest absolute Gasteiger partial charge is 0.407 e. The maximum absolute atomic E-state index is 13.4. The van der Waals surface area contributed by atoms with Gasteiger partial charge in [0.15, 0.2) is 6.79 Å². The van der Waals surface area contributed by atoms with Gasteiger partial charge in [-0.2, -0.15) is 0 Å². The van der Waals surface area contributed by atoms with Gasteiger partial charge in [0, 0.05) is 12.7 Å². The molecule has 7 heteroatoms. The summed E-state index contributed by atoms with van der Waals surface area (Å²) < 4.78 is 23.6. The molecule has 0 spiro atoms. The number of amides is 1. The molecule has 1 fully saturated rings. The Kier molecular flexibility index (Phi) is 4.41. The summed E-state index contributed by atoms with van der Waals surface area (Å²) in [5.74, 6) is -0.143. The number of nitrogens with zero attached hydrogens (tertiary/aromatic N) is 1. The van der Waals surface area contributed by atoms with Gasteiger partial charge in [-0.15, -0.1) is 0 Å². The van der Waals surface area contributed by atoms with E-state index in [1.54, 1.807) is 0 Å². The topological polar surface area (TPSA) is 79.2 Å². The third-order valence-corrected chi connectivity index (χ3v) is 3.19. The van der Waals surface area contributed by atoms with Crippen LogP contribution in [0, 0.1) is 5.82 Å². The largest absolute Gasteiger partial charge is 0.467 e. The normalized spacial score (nSPS) is 22.1. The summed E-state index contributed by atoms with van der Waals surface area (Å²) in [6, 6.07) is 3.24. The molecule has 1 aliphatic heterocycles. The van der Waals surface area contributed by atoms with Crippen LogP contribution in [0.25, 0.3) is 0 Å². The fourth-order valence-electron chi connectivity index (χ4n) is 2.35. The molecule has 20 heavy (non-hydrogen) atoms. The summed E-state index contributed by atoms with van der Waals surface area (Å²) >= 11 is 0. The van der Waals surface area contributed by atoms with Crippen LogP contribution in [0.4, 0.5) is 9.18 Å². The minimum Gasteiger partial charge on any atom is -0.467 e. The van der Waals surface area contributed by atoms with Crippen LogP contribution >= 0.6 is 0 Å². The highest BCUT2D eigenvalue weighted by Gasteiger charge is 2.37. The van der Waals surface area contributed by atoms with Gasteiger partial charge in [-0.25, -0.2) is 9.18 Å². The van der Waals surface area contributed by atoms with Gasteiger partial charge in [-0.05, 0) is 24.6 Å². The monoisotopic (exact) mass is 285 g/mol. The van der Waals surface area contributed by atoms with E-state index in [1.807, 2.05) is 0 Å². The molecule has 1 aliphatic rings. The first kappa shape index (κ1) is 14.5. The SMILES string of the molecule is COCOc1ccc(F)cc1C1C[C@@H](O)CN1C(=O)O. The predicted molar refractivity (Wildman–Crippen MR) is 67.0 cm³/mol. The van der Waals surface area contributed by atoms with E-state index >= 15 is 0 Å². The molecular weight excluding hydrogens is 269 g/mol. The molecule has 1 heterocycles. The van der Waals surface area contributed by atoms with Crippen molar-refractivity contribution in [3.63, 3.8) is 0 Å². The average Bonchev–Trinajstić information content (AvgIpc) is 2.79. The van der Waals surface area contributed by atoms with E-state index in [1.165, 1.54) is 25.3 Å². The van der Waals surface area contributed by atoms with E-state index in [0.29, 0.717) is 11.3 Å². The molecule has 1 saturated heterocycles. The second-order valence-corrected chi connectivity index (χ2v) is 4.57. The number of methoxy groups -OCH3 is 1. The van der Waals surface area contributed by atoms with Gasteiger partial charge in [0.2, 0.25) is 0 Å². The van der Waals surface area contributed by atoms with Crippen LogP contribution in [0.3, 0.4) is 0 Å². The molecule has 1 aromatic carbocycles. The summed E-state index contributed by atoms with van der Waals surface area (Å²) in [5, 5.41) is 18.8. The number of benzene rings is 1. The third kappa shape index (κ3) is 3.00. The zero-order chi connectivity index (χ0) is 14.7. The van der Waals surface area contributed by atoms with Crippen molar-refractivity contribution in [2.24, 2.45) is 0 Å². The number of β-amino-alcohol motifs (C(OH)–C–C–N with tert-alkyl or cyclic N) is 1. The van der Waals surface area contributed by atoms with Crippen molar-refractivity contribution in [2.75, 3.05) is 20.4 Å². The van der Waals surface area contributed by atoms with Gasteiger partial charge in [-0.3, -0.25) is 4.90 Å². The lowest BCUT2D eigenvalue weighted by molar-refractivity contribution is 0.0493. The van der Waals surface area contributed by atoms with Gasteiger partial charge >= 0.3 is 6.09 Å². The maximum Gasteiger partial charge on any atom is 0.407 e. The molecule has 0 aromatic heterocycles. The highest BCUT2D eigenvalue weighted by Crippen LogP contribution is 2.37. The number of carbonyl (C=O) groups is 1. The first-order valence-electron chi connectivity index (χ1n) is 6.11. The van der Waals surface area contributed by atoms with Crippen molar-refractivity contribution in [2.45, 2.75) is 18.6 Å². The zero-order valence-electron chi connectivity index (χ0n) is 11.0. The van der Waals surface area contributed by atoms with Crippen molar-refractivity contribution in [3.8, 4) is 5.75 Å². The van der Waals surface area contributed by atoms with Gasteiger partial charge in [0.25, 0.3) is 0 Å². The molecule has 110 valence electrons. The summed E-state index contributed by atoms with van der Waals surface area (Å²) in [6.07, 6.45) is -1.72. The second kappa shape index (κ2) is 6.06. The van der Waals surface area contributed by atoms with E-state index in [2.05, 4.69) is 0 Å². The number of halogens is 1. The zero-order valence-corrected chi connectivity index (χ0v) is 11.0. The average molecular weight is 285 g/mol. The summed E-state index contributed by atoms with van der Waals surface area (Å²) in [5.41, 5.74) is 0.390. The lowest BCUT2D eigenvalue weighted by Crippen LogP contribution is -2.30. The molecule has 6 nitrogen and oxygen atoms in total. The number of hydrogen-bond donors (Lipinski definition) is 2. The quantitative estimate of drug-likeness (QED) is 0.821. The Bertz CT molecular complexity index is 496. The second-order valence-electron chi connectivity index (χ2n) is 4.57. The first-order chi connectivity index (χ1) is 9.52. The number of likely N-dealkylation sites (tertiary alicyclic amines) is 1. The Hall–Kier alpha value is -1.86. The predicted octanol–water partition coefficient (Wildman–Crippen LogP) is 1.59. The number of ether oxygens (including phenoxy) is 2. The molecule has 2 atom stereocenters. The van der Waals surface area contributed by atoms with E-state index in [0.717, 1.165) is 4.90 Å². The van der Waals surface area contributed by atoms with Crippen molar-refractivity contribution in [1.82, 2.24) is 4.90 Å². The van der Waals surface area contributed by atoms with Gasteiger partial charge in [0.1, 0.15) is 11.6 Å².